The van der Waals surface area contributed by atoms with Crippen LogP contribution in [-0.4, -0.2) is 24.5 Å². The second-order valence-corrected chi connectivity index (χ2v) is 6.67. The number of halogens is 2. The number of ether oxygens (including phenoxy) is 1. The van der Waals surface area contributed by atoms with E-state index in [1.54, 1.807) is 36.4 Å². The molecule has 0 bridgehead atoms. The zero-order chi connectivity index (χ0) is 19.3. The standard InChI is InChI=1S/C19H20Cl2N2O3/c1-12(2)26-17-10-5-4-9-16(17)23(13(3)24)11-18(25)22-15-8-6-7-14(20)19(15)21/h4-10,12H,11H2,1-3H3,(H,22,25). The van der Waals surface area contributed by atoms with Gasteiger partial charge in [-0.1, -0.05) is 41.4 Å². The lowest BCUT2D eigenvalue weighted by Crippen LogP contribution is -2.37. The number of hydrogen-bond donors (Lipinski definition) is 1. The van der Waals surface area contributed by atoms with E-state index in [0.29, 0.717) is 22.1 Å². The van der Waals surface area contributed by atoms with Gasteiger partial charge in [-0.25, -0.2) is 0 Å². The molecule has 0 aliphatic heterocycles. The summed E-state index contributed by atoms with van der Waals surface area (Å²) in [4.78, 5) is 25.9. The first-order valence-corrected chi connectivity index (χ1v) is 8.83. The lowest BCUT2D eigenvalue weighted by Gasteiger charge is -2.24. The maximum absolute atomic E-state index is 12.5. The van der Waals surface area contributed by atoms with E-state index in [0.717, 1.165) is 0 Å². The van der Waals surface area contributed by atoms with Gasteiger partial charge in [-0.05, 0) is 38.1 Å². The van der Waals surface area contributed by atoms with E-state index in [2.05, 4.69) is 5.32 Å². The van der Waals surface area contributed by atoms with Gasteiger partial charge in [-0.2, -0.15) is 0 Å². The van der Waals surface area contributed by atoms with E-state index in [4.69, 9.17) is 27.9 Å². The van der Waals surface area contributed by atoms with Crippen molar-refractivity contribution in [3.8, 4) is 5.75 Å². The van der Waals surface area contributed by atoms with Gasteiger partial charge < -0.3 is 10.1 Å². The summed E-state index contributed by atoms with van der Waals surface area (Å²) >= 11 is 12.0. The van der Waals surface area contributed by atoms with Gasteiger partial charge in [0.05, 0.1) is 27.5 Å². The summed E-state index contributed by atoms with van der Waals surface area (Å²) in [6.45, 7) is 4.99. The van der Waals surface area contributed by atoms with E-state index in [1.165, 1.54) is 11.8 Å². The lowest BCUT2D eigenvalue weighted by molar-refractivity contribution is -0.120. The molecule has 0 saturated heterocycles. The van der Waals surface area contributed by atoms with Gasteiger partial charge in [0.25, 0.3) is 0 Å². The highest BCUT2D eigenvalue weighted by Crippen LogP contribution is 2.31. The third-order valence-electron chi connectivity index (χ3n) is 3.43. The third kappa shape index (κ3) is 5.13. The number of benzene rings is 2. The molecule has 2 rings (SSSR count). The highest BCUT2D eigenvalue weighted by Gasteiger charge is 2.20. The van der Waals surface area contributed by atoms with Crippen LogP contribution in [0.1, 0.15) is 20.8 Å². The van der Waals surface area contributed by atoms with Crippen molar-refractivity contribution < 1.29 is 14.3 Å². The maximum atomic E-state index is 12.5. The number of carbonyl (C=O) groups is 2. The second kappa shape index (κ2) is 8.92. The van der Waals surface area contributed by atoms with Crippen LogP contribution in [0, 0.1) is 0 Å². The third-order valence-corrected chi connectivity index (χ3v) is 4.25. The molecule has 0 radical (unpaired) electrons. The molecule has 138 valence electrons. The molecule has 2 aromatic rings. The molecule has 7 heteroatoms. The van der Waals surface area contributed by atoms with E-state index in [-0.39, 0.29) is 23.6 Å². The largest absolute Gasteiger partial charge is 0.489 e. The van der Waals surface area contributed by atoms with Crippen molar-refractivity contribution in [1.82, 2.24) is 0 Å². The Morgan fingerprint density at radius 3 is 2.46 bits per heavy atom. The molecule has 0 heterocycles. The second-order valence-electron chi connectivity index (χ2n) is 5.89. The predicted molar refractivity (Wildman–Crippen MR) is 105 cm³/mol. The van der Waals surface area contributed by atoms with Crippen LogP contribution in [-0.2, 0) is 9.59 Å². The van der Waals surface area contributed by atoms with Crippen LogP contribution < -0.4 is 15.0 Å². The van der Waals surface area contributed by atoms with Crippen LogP contribution in [0.25, 0.3) is 0 Å². The summed E-state index contributed by atoms with van der Waals surface area (Å²) in [5, 5.41) is 3.26. The van der Waals surface area contributed by atoms with Crippen LogP contribution in [0.15, 0.2) is 42.5 Å². The van der Waals surface area contributed by atoms with Crippen LogP contribution in [0.5, 0.6) is 5.75 Å². The summed E-state index contributed by atoms with van der Waals surface area (Å²) < 4.78 is 5.75. The number of para-hydroxylation sites is 2. The average Bonchev–Trinajstić information content (AvgIpc) is 2.57. The fraction of sp³-hybridized carbons (Fsp3) is 0.263. The summed E-state index contributed by atoms with van der Waals surface area (Å²) in [7, 11) is 0. The maximum Gasteiger partial charge on any atom is 0.244 e. The Bertz CT molecular complexity index is 809. The van der Waals surface area contributed by atoms with Crippen LogP contribution in [0.3, 0.4) is 0 Å². The molecule has 0 spiro atoms. The molecule has 26 heavy (non-hydrogen) atoms. The molecule has 0 aliphatic carbocycles. The normalized spacial score (nSPS) is 10.5. The average molecular weight is 395 g/mol. The Morgan fingerprint density at radius 2 is 1.81 bits per heavy atom. The van der Waals surface area contributed by atoms with E-state index in [9.17, 15) is 9.59 Å². The molecular formula is C19H20Cl2N2O3. The van der Waals surface area contributed by atoms with Crippen molar-refractivity contribution in [3.05, 3.63) is 52.5 Å². The zero-order valence-corrected chi connectivity index (χ0v) is 16.3. The van der Waals surface area contributed by atoms with Gasteiger partial charge >= 0.3 is 0 Å². The van der Waals surface area contributed by atoms with Crippen molar-refractivity contribution in [2.75, 3.05) is 16.8 Å². The summed E-state index contributed by atoms with van der Waals surface area (Å²) in [6, 6.07) is 12.0. The quantitative estimate of drug-likeness (QED) is 0.767. The minimum atomic E-state index is -0.399. The molecule has 0 saturated carbocycles. The highest BCUT2D eigenvalue weighted by atomic mass is 35.5. The molecule has 5 nitrogen and oxygen atoms in total. The van der Waals surface area contributed by atoms with Crippen molar-refractivity contribution >= 4 is 46.4 Å². The first-order chi connectivity index (χ1) is 12.3. The Hall–Kier alpha value is -2.24. The van der Waals surface area contributed by atoms with Crippen LogP contribution in [0.2, 0.25) is 10.0 Å². The highest BCUT2D eigenvalue weighted by molar-refractivity contribution is 6.44. The van der Waals surface area contributed by atoms with Gasteiger partial charge in [0.2, 0.25) is 11.8 Å². The fourth-order valence-electron chi connectivity index (χ4n) is 2.33. The number of hydrogen-bond acceptors (Lipinski definition) is 3. The topological polar surface area (TPSA) is 58.6 Å². The van der Waals surface area contributed by atoms with Gasteiger partial charge in [0.1, 0.15) is 12.3 Å². The van der Waals surface area contributed by atoms with Crippen molar-refractivity contribution in [1.29, 1.82) is 0 Å². The summed E-state index contributed by atoms with van der Waals surface area (Å²) in [5.74, 6) is -0.146. The summed E-state index contributed by atoms with van der Waals surface area (Å²) in [5.41, 5.74) is 0.917. The Labute approximate surface area is 162 Å². The molecular weight excluding hydrogens is 375 g/mol. The molecule has 0 unspecified atom stereocenters. The smallest absolute Gasteiger partial charge is 0.244 e. The SMILES string of the molecule is CC(=O)N(CC(=O)Nc1cccc(Cl)c1Cl)c1ccccc1OC(C)C. The van der Waals surface area contributed by atoms with Gasteiger partial charge in [0.15, 0.2) is 0 Å². The number of anilines is 2. The first-order valence-electron chi connectivity index (χ1n) is 8.07. The molecule has 0 aliphatic rings. The van der Waals surface area contributed by atoms with Crippen molar-refractivity contribution in [2.45, 2.75) is 26.9 Å². The molecule has 2 amide bonds. The van der Waals surface area contributed by atoms with E-state index >= 15 is 0 Å². The molecule has 0 aromatic heterocycles. The minimum absolute atomic E-state index is 0.0657. The predicted octanol–water partition coefficient (Wildman–Crippen LogP) is 4.77. The Balaban J connectivity index is 2.22. The minimum Gasteiger partial charge on any atom is -0.489 e. The van der Waals surface area contributed by atoms with Crippen LogP contribution >= 0.6 is 23.2 Å². The molecule has 0 atom stereocenters. The van der Waals surface area contributed by atoms with Gasteiger partial charge in [-0.3, -0.25) is 14.5 Å². The van der Waals surface area contributed by atoms with Crippen molar-refractivity contribution in [2.24, 2.45) is 0 Å². The molecule has 1 N–H and O–H groups in total. The molecule has 0 fully saturated rings. The lowest BCUT2D eigenvalue weighted by atomic mass is 10.2. The molecule has 2 aromatic carbocycles. The first kappa shape index (κ1) is 20.1. The summed E-state index contributed by atoms with van der Waals surface area (Å²) in [6.07, 6.45) is -0.0657. The number of rotatable bonds is 6. The van der Waals surface area contributed by atoms with Gasteiger partial charge in [0, 0.05) is 6.92 Å². The van der Waals surface area contributed by atoms with Crippen molar-refractivity contribution in [3.63, 3.8) is 0 Å². The van der Waals surface area contributed by atoms with E-state index in [1.807, 2.05) is 19.9 Å². The number of amides is 2. The number of nitrogens with zero attached hydrogens (tertiary/aromatic N) is 1. The zero-order valence-electron chi connectivity index (χ0n) is 14.8. The Kier molecular flexibility index (Phi) is 6.89. The Morgan fingerprint density at radius 1 is 1.12 bits per heavy atom. The number of carbonyl (C=O) groups excluding carboxylic acids is 2. The van der Waals surface area contributed by atoms with Gasteiger partial charge in [-0.15, -0.1) is 0 Å². The monoisotopic (exact) mass is 394 g/mol. The van der Waals surface area contributed by atoms with Crippen LogP contribution in [0.4, 0.5) is 11.4 Å². The number of nitrogens with one attached hydrogen (secondary N) is 1. The van der Waals surface area contributed by atoms with E-state index < -0.39 is 5.91 Å². The fourth-order valence-corrected chi connectivity index (χ4v) is 2.68.